The molecule has 0 fully saturated rings. The summed E-state index contributed by atoms with van der Waals surface area (Å²) in [5, 5.41) is 38.2. The van der Waals surface area contributed by atoms with E-state index in [9.17, 15) is 10.5 Å². The van der Waals surface area contributed by atoms with Gasteiger partial charge in [0.1, 0.15) is 29.1 Å². The number of hydrogen-bond acceptors (Lipinski definition) is 11. The first-order valence-electron chi connectivity index (χ1n) is 10.3. The van der Waals surface area contributed by atoms with E-state index in [1.165, 1.54) is 10.9 Å². The van der Waals surface area contributed by atoms with Crippen LogP contribution in [0.5, 0.6) is 5.75 Å². The number of rotatable bonds is 7. The molecular weight excluding hydrogens is 446 g/mol. The number of azo groups is 1. The van der Waals surface area contributed by atoms with Crippen molar-refractivity contribution in [3.8, 4) is 23.8 Å². The molecule has 0 spiro atoms. The van der Waals surface area contributed by atoms with Crippen LogP contribution < -0.4 is 15.4 Å². The Bertz CT molecular complexity index is 1460. The zero-order valence-electron chi connectivity index (χ0n) is 19.1. The standard InChI is InChI=1S/C23H19N11O/c1-14-18(12-25)20(30-16-5-7-17(35-3)8-6-16)31-21(26-2)19(14)32-33-22-15(11-24)13-29-34(22)23-27-9-4-10-28-23/h4-10,13H,1-3H3,(H2,26,30,31). The van der Waals surface area contributed by atoms with E-state index in [4.69, 9.17) is 4.74 Å². The van der Waals surface area contributed by atoms with Gasteiger partial charge in [0.2, 0.25) is 0 Å². The average Bonchev–Trinajstić information content (AvgIpc) is 3.32. The average molecular weight is 465 g/mol. The van der Waals surface area contributed by atoms with Gasteiger partial charge in [-0.05, 0) is 37.3 Å². The van der Waals surface area contributed by atoms with Crippen molar-refractivity contribution in [1.82, 2.24) is 24.7 Å². The van der Waals surface area contributed by atoms with Crippen LogP contribution in [-0.2, 0) is 0 Å². The lowest BCUT2D eigenvalue weighted by molar-refractivity contribution is 0.415. The third-order valence-corrected chi connectivity index (χ3v) is 4.97. The van der Waals surface area contributed by atoms with Gasteiger partial charge in [-0.1, -0.05) is 0 Å². The van der Waals surface area contributed by atoms with Crippen LogP contribution in [0.15, 0.2) is 59.2 Å². The SMILES string of the molecule is CNc1nc(Nc2ccc(OC)cc2)c(C#N)c(C)c1N=Nc1c(C#N)cnn1-c1ncccn1. The van der Waals surface area contributed by atoms with Crippen LogP contribution in [-0.4, -0.2) is 38.9 Å². The number of ether oxygens (including phenoxy) is 1. The van der Waals surface area contributed by atoms with Gasteiger partial charge in [-0.25, -0.2) is 15.0 Å². The lowest BCUT2D eigenvalue weighted by atomic mass is 10.1. The number of pyridine rings is 1. The molecule has 4 aromatic rings. The van der Waals surface area contributed by atoms with Crippen molar-refractivity contribution < 1.29 is 4.74 Å². The summed E-state index contributed by atoms with van der Waals surface area (Å²) >= 11 is 0. The number of methoxy groups -OCH3 is 1. The quantitative estimate of drug-likeness (QED) is 0.378. The van der Waals surface area contributed by atoms with E-state index in [-0.39, 0.29) is 17.3 Å². The Kier molecular flexibility index (Phi) is 6.56. The molecule has 1 aromatic carbocycles. The Hall–Kier alpha value is -5.36. The molecule has 172 valence electrons. The van der Waals surface area contributed by atoms with Gasteiger partial charge >= 0.3 is 0 Å². The number of nitrogens with one attached hydrogen (secondary N) is 2. The number of nitriles is 2. The third-order valence-electron chi connectivity index (χ3n) is 4.97. The minimum Gasteiger partial charge on any atom is -0.497 e. The van der Waals surface area contributed by atoms with Crippen LogP contribution in [0, 0.1) is 29.6 Å². The zero-order valence-corrected chi connectivity index (χ0v) is 19.1. The monoisotopic (exact) mass is 465 g/mol. The Morgan fingerprint density at radius 2 is 1.77 bits per heavy atom. The molecule has 0 aliphatic carbocycles. The highest BCUT2D eigenvalue weighted by Gasteiger charge is 2.19. The predicted octanol–water partition coefficient (Wildman–Crippen LogP) is 4.32. The number of benzene rings is 1. The molecule has 0 aliphatic heterocycles. The van der Waals surface area contributed by atoms with E-state index in [2.05, 4.69) is 47.0 Å². The van der Waals surface area contributed by atoms with Gasteiger partial charge in [0.25, 0.3) is 5.95 Å². The van der Waals surface area contributed by atoms with Crippen LogP contribution >= 0.6 is 0 Å². The van der Waals surface area contributed by atoms with Crippen molar-refractivity contribution in [1.29, 1.82) is 10.5 Å². The number of hydrogen-bond donors (Lipinski definition) is 2. The fraction of sp³-hybridized carbons (Fsp3) is 0.130. The van der Waals surface area contributed by atoms with E-state index >= 15 is 0 Å². The van der Waals surface area contributed by atoms with E-state index < -0.39 is 0 Å². The Balaban J connectivity index is 1.76. The van der Waals surface area contributed by atoms with Crippen LogP contribution in [0.2, 0.25) is 0 Å². The molecule has 12 nitrogen and oxygen atoms in total. The summed E-state index contributed by atoms with van der Waals surface area (Å²) < 4.78 is 6.50. The Morgan fingerprint density at radius 1 is 1.03 bits per heavy atom. The maximum absolute atomic E-state index is 9.86. The van der Waals surface area contributed by atoms with E-state index in [1.54, 1.807) is 51.7 Å². The molecule has 0 aliphatic rings. The molecule has 12 heteroatoms. The van der Waals surface area contributed by atoms with Crippen LogP contribution in [0.25, 0.3) is 5.95 Å². The van der Waals surface area contributed by atoms with Crippen molar-refractivity contribution in [3.05, 3.63) is 65.6 Å². The third kappa shape index (κ3) is 4.58. The first-order valence-corrected chi connectivity index (χ1v) is 10.3. The summed E-state index contributed by atoms with van der Waals surface area (Å²) in [6.07, 6.45) is 4.47. The van der Waals surface area contributed by atoms with Gasteiger partial charge in [-0.15, -0.1) is 10.2 Å². The molecule has 0 saturated heterocycles. The van der Waals surface area contributed by atoms with Crippen molar-refractivity contribution >= 4 is 28.8 Å². The largest absolute Gasteiger partial charge is 0.497 e. The van der Waals surface area contributed by atoms with Gasteiger partial charge in [0.15, 0.2) is 17.5 Å². The summed E-state index contributed by atoms with van der Waals surface area (Å²) in [7, 11) is 3.28. The molecule has 0 bridgehead atoms. The van der Waals surface area contributed by atoms with Crippen LogP contribution in [0.1, 0.15) is 16.7 Å². The van der Waals surface area contributed by atoms with Crippen molar-refractivity contribution in [2.45, 2.75) is 6.92 Å². The fourth-order valence-corrected chi connectivity index (χ4v) is 3.19. The lowest BCUT2D eigenvalue weighted by Crippen LogP contribution is -2.04. The summed E-state index contributed by atoms with van der Waals surface area (Å²) in [6, 6.07) is 13.1. The van der Waals surface area contributed by atoms with Crippen LogP contribution in [0.3, 0.4) is 0 Å². The smallest absolute Gasteiger partial charge is 0.252 e. The number of aromatic nitrogens is 5. The highest BCUT2D eigenvalue weighted by Crippen LogP contribution is 2.36. The molecule has 0 amide bonds. The number of nitrogens with zero attached hydrogens (tertiary/aromatic N) is 9. The van der Waals surface area contributed by atoms with Crippen molar-refractivity contribution in [3.63, 3.8) is 0 Å². The van der Waals surface area contributed by atoms with Gasteiger partial charge in [0, 0.05) is 30.7 Å². The second kappa shape index (κ2) is 10.1. The summed E-state index contributed by atoms with van der Waals surface area (Å²) in [4.78, 5) is 12.8. The highest BCUT2D eigenvalue weighted by molar-refractivity contribution is 5.76. The topological polar surface area (TPSA) is 162 Å². The normalized spacial score (nSPS) is 10.5. The lowest BCUT2D eigenvalue weighted by Gasteiger charge is -2.14. The van der Waals surface area contributed by atoms with E-state index in [0.29, 0.717) is 34.2 Å². The fourth-order valence-electron chi connectivity index (χ4n) is 3.19. The van der Waals surface area contributed by atoms with Gasteiger partial charge in [-0.2, -0.15) is 20.3 Å². The maximum atomic E-state index is 9.86. The molecule has 0 atom stereocenters. The second-order valence-electron chi connectivity index (χ2n) is 7.03. The maximum Gasteiger partial charge on any atom is 0.252 e. The van der Waals surface area contributed by atoms with E-state index in [1.807, 2.05) is 18.2 Å². The molecule has 35 heavy (non-hydrogen) atoms. The van der Waals surface area contributed by atoms with Crippen LogP contribution in [0.4, 0.5) is 28.8 Å². The first-order chi connectivity index (χ1) is 17.1. The molecule has 3 aromatic heterocycles. The second-order valence-corrected chi connectivity index (χ2v) is 7.03. The zero-order chi connectivity index (χ0) is 24.8. The van der Waals surface area contributed by atoms with Gasteiger partial charge in [0.05, 0.1) is 18.9 Å². The highest BCUT2D eigenvalue weighted by atomic mass is 16.5. The molecule has 0 saturated carbocycles. The molecular formula is C23H19N11O. The Morgan fingerprint density at radius 3 is 2.40 bits per heavy atom. The first kappa shape index (κ1) is 22.8. The predicted molar refractivity (Wildman–Crippen MR) is 128 cm³/mol. The molecule has 4 rings (SSSR count). The number of anilines is 3. The van der Waals surface area contributed by atoms with Gasteiger partial charge < -0.3 is 15.4 Å². The van der Waals surface area contributed by atoms with Gasteiger partial charge in [-0.3, -0.25) is 0 Å². The minimum atomic E-state index is 0.152. The summed E-state index contributed by atoms with van der Waals surface area (Å²) in [5.41, 5.74) is 2.11. The van der Waals surface area contributed by atoms with Crippen molar-refractivity contribution in [2.24, 2.45) is 10.2 Å². The minimum absolute atomic E-state index is 0.152. The van der Waals surface area contributed by atoms with E-state index in [0.717, 1.165) is 5.69 Å². The summed E-state index contributed by atoms with van der Waals surface area (Å²) in [6.45, 7) is 1.75. The molecule has 0 unspecified atom stereocenters. The summed E-state index contributed by atoms with van der Waals surface area (Å²) in [5.74, 6) is 1.85. The Labute approximate surface area is 200 Å². The molecule has 2 N–H and O–H groups in total. The molecule has 3 heterocycles. The van der Waals surface area contributed by atoms with Crippen molar-refractivity contribution in [2.75, 3.05) is 24.8 Å². The molecule has 0 radical (unpaired) electrons.